The van der Waals surface area contributed by atoms with Gasteiger partial charge in [-0.2, -0.15) is 0 Å². The molecule has 0 aliphatic heterocycles. The van der Waals surface area contributed by atoms with Crippen molar-refractivity contribution in [1.29, 1.82) is 0 Å². The third-order valence-electron chi connectivity index (χ3n) is 5.96. The molecule has 0 fully saturated rings. The topological polar surface area (TPSA) is 0 Å². The van der Waals surface area contributed by atoms with E-state index in [2.05, 4.69) is 91.8 Å². The monoisotopic (exact) mass is 350 g/mol. The Hall–Kier alpha value is -1.56. The van der Waals surface area contributed by atoms with Gasteiger partial charge < -0.3 is 0 Å². The smallest absolute Gasteiger partial charge is 0.0184 e. The lowest BCUT2D eigenvalue weighted by atomic mass is 9.74. The fourth-order valence-corrected chi connectivity index (χ4v) is 3.93. The van der Waals surface area contributed by atoms with E-state index in [1.54, 1.807) is 0 Å². The molecule has 0 spiro atoms. The SMILES string of the molecule is CC.CCC1(C)c2cc(C(C)(C)C)ccc2-c2ccc(C(C)(C)C)cc21. The Labute approximate surface area is 162 Å². The zero-order chi connectivity index (χ0) is 19.9. The van der Waals surface area contributed by atoms with E-state index in [1.165, 1.54) is 33.4 Å². The van der Waals surface area contributed by atoms with E-state index >= 15 is 0 Å². The molecule has 0 amide bonds. The summed E-state index contributed by atoms with van der Waals surface area (Å²) in [4.78, 5) is 0. The van der Waals surface area contributed by atoms with Gasteiger partial charge in [0.25, 0.3) is 0 Å². The van der Waals surface area contributed by atoms with Gasteiger partial charge in [-0.1, -0.05) is 106 Å². The summed E-state index contributed by atoms with van der Waals surface area (Å²) < 4.78 is 0. The van der Waals surface area contributed by atoms with Crippen molar-refractivity contribution >= 4 is 0 Å². The Morgan fingerprint density at radius 1 is 0.692 bits per heavy atom. The van der Waals surface area contributed by atoms with E-state index in [4.69, 9.17) is 0 Å². The van der Waals surface area contributed by atoms with Gasteiger partial charge in [0, 0.05) is 5.41 Å². The number of hydrogen-bond donors (Lipinski definition) is 0. The van der Waals surface area contributed by atoms with Crippen LogP contribution in [0.3, 0.4) is 0 Å². The molecule has 0 saturated heterocycles. The molecule has 0 heterocycles. The first kappa shape index (κ1) is 20.7. The van der Waals surface area contributed by atoms with E-state index in [-0.39, 0.29) is 16.2 Å². The van der Waals surface area contributed by atoms with Crippen molar-refractivity contribution in [2.24, 2.45) is 0 Å². The van der Waals surface area contributed by atoms with Crippen LogP contribution >= 0.6 is 0 Å². The summed E-state index contributed by atoms with van der Waals surface area (Å²) in [5.74, 6) is 0. The number of rotatable bonds is 1. The molecule has 0 atom stereocenters. The molecule has 0 nitrogen and oxygen atoms in total. The minimum absolute atomic E-state index is 0.118. The normalized spacial score (nSPS) is 15.0. The summed E-state index contributed by atoms with van der Waals surface area (Å²) in [6.07, 6.45) is 1.13. The van der Waals surface area contributed by atoms with Crippen molar-refractivity contribution < 1.29 is 0 Å². The van der Waals surface area contributed by atoms with Crippen molar-refractivity contribution in [1.82, 2.24) is 0 Å². The zero-order valence-electron chi connectivity index (χ0n) is 18.7. The third-order valence-corrected chi connectivity index (χ3v) is 5.96. The molecule has 0 radical (unpaired) electrons. The molecule has 1 aliphatic rings. The van der Waals surface area contributed by atoms with Gasteiger partial charge >= 0.3 is 0 Å². The van der Waals surface area contributed by atoms with Crippen LogP contribution in [0.25, 0.3) is 11.1 Å². The van der Waals surface area contributed by atoms with Crippen LogP contribution in [0.15, 0.2) is 36.4 Å². The van der Waals surface area contributed by atoms with Crippen molar-refractivity contribution in [3.8, 4) is 11.1 Å². The molecule has 0 N–H and O–H groups in total. The molecule has 0 aromatic heterocycles. The Balaban J connectivity index is 0.00000117. The minimum atomic E-state index is 0.118. The highest BCUT2D eigenvalue weighted by Crippen LogP contribution is 2.52. The zero-order valence-corrected chi connectivity index (χ0v) is 18.7. The molecule has 1 aliphatic carbocycles. The summed E-state index contributed by atoms with van der Waals surface area (Å²) in [6.45, 7) is 22.6. The van der Waals surface area contributed by atoms with Gasteiger partial charge in [0.1, 0.15) is 0 Å². The predicted molar refractivity (Wildman–Crippen MR) is 117 cm³/mol. The average Bonchev–Trinajstić information content (AvgIpc) is 2.84. The first-order chi connectivity index (χ1) is 12.0. The van der Waals surface area contributed by atoms with Gasteiger partial charge in [-0.25, -0.2) is 0 Å². The van der Waals surface area contributed by atoms with Crippen LogP contribution in [0, 0.1) is 0 Å². The highest BCUT2D eigenvalue weighted by atomic mass is 14.4. The number of hydrogen-bond acceptors (Lipinski definition) is 0. The number of fused-ring (bicyclic) bond motifs is 3. The molecule has 0 heteroatoms. The first-order valence-corrected chi connectivity index (χ1v) is 10.3. The van der Waals surface area contributed by atoms with Crippen LogP contribution in [-0.4, -0.2) is 0 Å². The quantitative estimate of drug-likeness (QED) is 0.488. The molecule has 26 heavy (non-hydrogen) atoms. The standard InChI is InChI=1S/C24H32.C2H6/c1-9-24(8)20-14-16(22(2,3)4)10-12-18(20)19-13-11-17(15-21(19)24)23(5,6)7;1-2/h10-15H,9H2,1-8H3;1-2H3. The second-order valence-electron chi connectivity index (χ2n) is 9.71. The highest BCUT2D eigenvalue weighted by molar-refractivity contribution is 5.81. The van der Waals surface area contributed by atoms with Crippen LogP contribution in [0.2, 0.25) is 0 Å². The summed E-state index contributed by atoms with van der Waals surface area (Å²) in [5, 5.41) is 0. The summed E-state index contributed by atoms with van der Waals surface area (Å²) in [7, 11) is 0. The Morgan fingerprint density at radius 2 is 1.04 bits per heavy atom. The predicted octanol–water partition coefficient (Wildman–Crippen LogP) is 8.00. The molecule has 0 saturated carbocycles. The second kappa shape index (κ2) is 6.87. The fraction of sp³-hybridized carbons (Fsp3) is 0.538. The number of benzene rings is 2. The van der Waals surface area contributed by atoms with Gasteiger partial charge in [-0.15, -0.1) is 0 Å². The van der Waals surface area contributed by atoms with Crippen LogP contribution in [0.4, 0.5) is 0 Å². The summed E-state index contributed by atoms with van der Waals surface area (Å²) >= 11 is 0. The maximum Gasteiger partial charge on any atom is 0.0184 e. The molecule has 142 valence electrons. The van der Waals surface area contributed by atoms with E-state index < -0.39 is 0 Å². The van der Waals surface area contributed by atoms with E-state index in [0.717, 1.165) is 6.42 Å². The molecule has 3 rings (SSSR count). The van der Waals surface area contributed by atoms with Gasteiger partial charge in [0.05, 0.1) is 0 Å². The molecular weight excluding hydrogens is 312 g/mol. The largest absolute Gasteiger partial charge is 0.0683 e. The maximum atomic E-state index is 2.47. The minimum Gasteiger partial charge on any atom is -0.0683 e. The second-order valence-corrected chi connectivity index (χ2v) is 9.71. The fourth-order valence-electron chi connectivity index (χ4n) is 3.93. The van der Waals surface area contributed by atoms with Crippen LogP contribution < -0.4 is 0 Å². The molecule has 2 aromatic carbocycles. The molecule has 2 aromatic rings. The highest BCUT2D eigenvalue weighted by Gasteiger charge is 2.39. The van der Waals surface area contributed by atoms with Gasteiger partial charge in [0.2, 0.25) is 0 Å². The molecule has 0 bridgehead atoms. The van der Waals surface area contributed by atoms with E-state index in [1.807, 2.05) is 13.8 Å². The Bertz CT molecular complexity index is 715. The van der Waals surface area contributed by atoms with Crippen molar-refractivity contribution in [3.63, 3.8) is 0 Å². The lowest BCUT2D eigenvalue weighted by Gasteiger charge is -2.29. The molecule has 0 unspecified atom stereocenters. The lowest BCUT2D eigenvalue weighted by Crippen LogP contribution is -2.22. The van der Waals surface area contributed by atoms with Crippen molar-refractivity contribution in [3.05, 3.63) is 58.7 Å². The Morgan fingerprint density at radius 3 is 1.31 bits per heavy atom. The van der Waals surface area contributed by atoms with Crippen molar-refractivity contribution in [2.75, 3.05) is 0 Å². The Kier molecular flexibility index (Phi) is 5.48. The van der Waals surface area contributed by atoms with Crippen LogP contribution in [-0.2, 0) is 16.2 Å². The first-order valence-electron chi connectivity index (χ1n) is 10.3. The summed E-state index contributed by atoms with van der Waals surface area (Å²) in [5.41, 5.74) is 9.26. The average molecular weight is 351 g/mol. The van der Waals surface area contributed by atoms with E-state index in [0.29, 0.717) is 0 Å². The van der Waals surface area contributed by atoms with Gasteiger partial charge in [0.15, 0.2) is 0 Å². The van der Waals surface area contributed by atoms with E-state index in [9.17, 15) is 0 Å². The van der Waals surface area contributed by atoms with Gasteiger partial charge in [-0.3, -0.25) is 0 Å². The summed E-state index contributed by atoms with van der Waals surface area (Å²) in [6, 6.07) is 14.3. The maximum absolute atomic E-state index is 2.47. The van der Waals surface area contributed by atoms with Crippen molar-refractivity contribution in [2.45, 2.75) is 91.9 Å². The third kappa shape index (κ3) is 3.36. The lowest BCUT2D eigenvalue weighted by molar-refractivity contribution is 0.548. The van der Waals surface area contributed by atoms with Crippen LogP contribution in [0.1, 0.15) is 97.9 Å². The van der Waals surface area contributed by atoms with Crippen LogP contribution in [0.5, 0.6) is 0 Å². The van der Waals surface area contributed by atoms with Gasteiger partial charge in [-0.05, 0) is 50.6 Å². The molecular formula is C26H38.